The van der Waals surface area contributed by atoms with E-state index >= 15 is 0 Å². The first kappa shape index (κ1) is 17.4. The molecule has 120 valence electrons. The smallest absolute Gasteiger partial charge is 0.312 e. The topological polar surface area (TPSA) is 113 Å². The molecule has 0 saturated heterocycles. The summed E-state index contributed by atoms with van der Waals surface area (Å²) in [5.41, 5.74) is 9.08. The summed E-state index contributed by atoms with van der Waals surface area (Å²) in [4.78, 5) is 34.7. The molecular formula is C14H19FN4O3. The number of carbonyl (C=O) groups is 3. The van der Waals surface area contributed by atoms with Crippen LogP contribution in [0.5, 0.6) is 0 Å². The average Bonchev–Trinajstić information content (AvgIpc) is 2.49. The predicted molar refractivity (Wildman–Crippen MR) is 78.0 cm³/mol. The number of carbonyl (C=O) groups excluding carboxylic acids is 3. The summed E-state index contributed by atoms with van der Waals surface area (Å²) >= 11 is 0. The van der Waals surface area contributed by atoms with E-state index in [1.54, 1.807) is 6.92 Å². The average molecular weight is 310 g/mol. The van der Waals surface area contributed by atoms with Crippen molar-refractivity contribution in [1.82, 2.24) is 16.2 Å². The lowest BCUT2D eigenvalue weighted by Gasteiger charge is -2.22. The van der Waals surface area contributed by atoms with Crippen LogP contribution in [0.2, 0.25) is 0 Å². The number of nitrogens with one attached hydrogen (secondary N) is 3. The Hall–Kier alpha value is -2.64. The third-order valence-corrected chi connectivity index (χ3v) is 3.21. The van der Waals surface area contributed by atoms with Gasteiger partial charge in [0.05, 0.1) is 5.56 Å². The van der Waals surface area contributed by atoms with Gasteiger partial charge in [0.2, 0.25) is 0 Å². The van der Waals surface area contributed by atoms with Crippen LogP contribution in [-0.4, -0.2) is 23.9 Å². The standard InChI is InChI=1S/C14H19FN4O3/c1-3-8(2)11(17-14(16)22)13(21)19-18-12(20)9-6-4-5-7-10(9)15/h4-8,11H,3H2,1-2H3,(H,18,20)(H,19,21)(H3,16,17,22)/t8-,11-/m0/s1. The lowest BCUT2D eigenvalue weighted by Crippen LogP contribution is -2.55. The SMILES string of the molecule is CC[C@H](C)[C@H](NC(N)=O)C(=O)NNC(=O)c1ccccc1F. The first-order valence-electron chi connectivity index (χ1n) is 6.77. The number of amides is 4. The molecule has 1 rings (SSSR count). The maximum atomic E-state index is 13.4. The third-order valence-electron chi connectivity index (χ3n) is 3.21. The number of hydrogen-bond acceptors (Lipinski definition) is 3. The number of urea groups is 1. The number of benzene rings is 1. The largest absolute Gasteiger partial charge is 0.352 e. The number of primary amides is 1. The molecule has 0 unspecified atom stereocenters. The van der Waals surface area contributed by atoms with Gasteiger partial charge < -0.3 is 11.1 Å². The molecule has 1 aromatic carbocycles. The van der Waals surface area contributed by atoms with Crippen LogP contribution in [-0.2, 0) is 4.79 Å². The van der Waals surface area contributed by atoms with Gasteiger partial charge in [-0.05, 0) is 18.1 Å². The highest BCUT2D eigenvalue weighted by atomic mass is 19.1. The van der Waals surface area contributed by atoms with E-state index in [2.05, 4.69) is 16.2 Å². The molecule has 0 heterocycles. The Balaban J connectivity index is 2.68. The highest BCUT2D eigenvalue weighted by Crippen LogP contribution is 2.08. The zero-order valence-electron chi connectivity index (χ0n) is 12.4. The van der Waals surface area contributed by atoms with Gasteiger partial charge >= 0.3 is 6.03 Å². The molecule has 0 radical (unpaired) electrons. The Morgan fingerprint density at radius 1 is 1.23 bits per heavy atom. The van der Waals surface area contributed by atoms with Crippen LogP contribution in [0, 0.1) is 11.7 Å². The van der Waals surface area contributed by atoms with Crippen molar-refractivity contribution >= 4 is 17.8 Å². The molecule has 0 aliphatic heterocycles. The monoisotopic (exact) mass is 310 g/mol. The molecule has 0 saturated carbocycles. The molecule has 22 heavy (non-hydrogen) atoms. The fourth-order valence-corrected chi connectivity index (χ4v) is 1.76. The first-order chi connectivity index (χ1) is 10.4. The number of halogens is 1. The number of hydrogen-bond donors (Lipinski definition) is 4. The molecule has 0 aromatic heterocycles. The number of nitrogens with two attached hydrogens (primary N) is 1. The Bertz CT molecular complexity index is 565. The van der Waals surface area contributed by atoms with Crippen LogP contribution in [0.1, 0.15) is 30.6 Å². The summed E-state index contributed by atoms with van der Waals surface area (Å²) in [5, 5.41) is 2.31. The molecule has 0 fully saturated rings. The molecule has 0 aliphatic carbocycles. The summed E-state index contributed by atoms with van der Waals surface area (Å²) in [6, 6.07) is 3.61. The van der Waals surface area contributed by atoms with E-state index in [1.807, 2.05) is 6.92 Å². The van der Waals surface area contributed by atoms with Crippen LogP contribution in [0.4, 0.5) is 9.18 Å². The van der Waals surface area contributed by atoms with Gasteiger partial charge in [-0.25, -0.2) is 9.18 Å². The third kappa shape index (κ3) is 4.72. The van der Waals surface area contributed by atoms with Crippen molar-refractivity contribution < 1.29 is 18.8 Å². The van der Waals surface area contributed by atoms with Gasteiger partial charge in [-0.15, -0.1) is 0 Å². The quantitative estimate of drug-likeness (QED) is 0.599. The van der Waals surface area contributed by atoms with E-state index in [0.29, 0.717) is 6.42 Å². The maximum absolute atomic E-state index is 13.4. The van der Waals surface area contributed by atoms with E-state index in [0.717, 1.165) is 6.07 Å². The Labute approximate surface area is 127 Å². The number of hydrazine groups is 1. The second-order valence-corrected chi connectivity index (χ2v) is 4.80. The lowest BCUT2D eigenvalue weighted by molar-refractivity contribution is -0.124. The van der Waals surface area contributed by atoms with Crippen molar-refractivity contribution in [3.8, 4) is 0 Å². The van der Waals surface area contributed by atoms with Crippen LogP contribution >= 0.6 is 0 Å². The molecule has 7 nitrogen and oxygen atoms in total. The fourth-order valence-electron chi connectivity index (χ4n) is 1.76. The summed E-state index contributed by atoms with van der Waals surface area (Å²) < 4.78 is 13.4. The zero-order valence-corrected chi connectivity index (χ0v) is 12.4. The molecule has 0 aliphatic rings. The van der Waals surface area contributed by atoms with Gasteiger partial charge in [0.25, 0.3) is 11.8 Å². The normalized spacial score (nSPS) is 12.9. The van der Waals surface area contributed by atoms with E-state index in [9.17, 15) is 18.8 Å². The summed E-state index contributed by atoms with van der Waals surface area (Å²) in [5.74, 6) is -2.34. The van der Waals surface area contributed by atoms with Crippen molar-refractivity contribution in [1.29, 1.82) is 0 Å². The molecule has 8 heteroatoms. The minimum absolute atomic E-state index is 0.196. The molecule has 2 atom stereocenters. The molecular weight excluding hydrogens is 291 g/mol. The molecule has 0 spiro atoms. The second-order valence-electron chi connectivity index (χ2n) is 4.80. The maximum Gasteiger partial charge on any atom is 0.312 e. The van der Waals surface area contributed by atoms with E-state index < -0.39 is 29.7 Å². The van der Waals surface area contributed by atoms with Crippen LogP contribution in [0.15, 0.2) is 24.3 Å². The van der Waals surface area contributed by atoms with Crippen LogP contribution in [0.3, 0.4) is 0 Å². The Kier molecular flexibility index (Phi) is 6.30. The van der Waals surface area contributed by atoms with Gasteiger partial charge in [-0.2, -0.15) is 0 Å². The van der Waals surface area contributed by atoms with Gasteiger partial charge in [-0.1, -0.05) is 32.4 Å². The second kappa shape index (κ2) is 7.96. The predicted octanol–water partition coefficient (Wildman–Crippen LogP) is 0.670. The minimum Gasteiger partial charge on any atom is -0.352 e. The van der Waals surface area contributed by atoms with Crippen molar-refractivity contribution in [3.63, 3.8) is 0 Å². The highest BCUT2D eigenvalue weighted by molar-refractivity contribution is 5.96. The fraction of sp³-hybridized carbons (Fsp3) is 0.357. The molecule has 0 bridgehead atoms. The van der Waals surface area contributed by atoms with Gasteiger partial charge in [-0.3, -0.25) is 20.4 Å². The van der Waals surface area contributed by atoms with E-state index in [4.69, 9.17) is 5.73 Å². The van der Waals surface area contributed by atoms with Gasteiger partial charge in [0.15, 0.2) is 0 Å². The summed E-state index contributed by atoms with van der Waals surface area (Å²) in [7, 11) is 0. The zero-order chi connectivity index (χ0) is 16.7. The van der Waals surface area contributed by atoms with Crippen molar-refractivity contribution in [3.05, 3.63) is 35.6 Å². The molecule has 5 N–H and O–H groups in total. The van der Waals surface area contributed by atoms with E-state index in [-0.39, 0.29) is 11.5 Å². The van der Waals surface area contributed by atoms with Gasteiger partial charge in [0.1, 0.15) is 11.9 Å². The van der Waals surface area contributed by atoms with E-state index in [1.165, 1.54) is 18.2 Å². The number of rotatable bonds is 5. The highest BCUT2D eigenvalue weighted by Gasteiger charge is 2.25. The van der Waals surface area contributed by atoms with Crippen LogP contribution in [0.25, 0.3) is 0 Å². The van der Waals surface area contributed by atoms with Crippen molar-refractivity contribution in [2.45, 2.75) is 26.3 Å². The molecule has 4 amide bonds. The Morgan fingerprint density at radius 2 is 1.86 bits per heavy atom. The van der Waals surface area contributed by atoms with Crippen molar-refractivity contribution in [2.24, 2.45) is 11.7 Å². The Morgan fingerprint density at radius 3 is 2.41 bits per heavy atom. The minimum atomic E-state index is -0.900. The summed E-state index contributed by atoms with van der Waals surface area (Å²) in [6.45, 7) is 3.59. The van der Waals surface area contributed by atoms with Gasteiger partial charge in [0, 0.05) is 0 Å². The molecule has 1 aromatic rings. The van der Waals surface area contributed by atoms with Crippen molar-refractivity contribution in [2.75, 3.05) is 0 Å². The lowest BCUT2D eigenvalue weighted by atomic mass is 9.99. The van der Waals surface area contributed by atoms with Crippen LogP contribution < -0.4 is 21.9 Å². The first-order valence-corrected chi connectivity index (χ1v) is 6.77. The summed E-state index contributed by atoms with van der Waals surface area (Å²) in [6.07, 6.45) is 0.611.